The van der Waals surface area contributed by atoms with Crippen LogP contribution < -0.4 is 0 Å². The molecule has 0 aromatic heterocycles. The van der Waals surface area contributed by atoms with E-state index in [4.69, 9.17) is 0 Å². The van der Waals surface area contributed by atoms with Gasteiger partial charge in [0.25, 0.3) is 0 Å². The minimum Gasteiger partial charge on any atom is -0.507 e. The third-order valence-corrected chi connectivity index (χ3v) is 4.95. The maximum Gasteiger partial charge on any atom is 0.167 e. The predicted octanol–water partition coefficient (Wildman–Crippen LogP) is 4.36. The van der Waals surface area contributed by atoms with Crippen LogP contribution in [0.4, 0.5) is 0 Å². The largest absolute Gasteiger partial charge is 0.507 e. The Bertz CT molecular complexity index is 625. The highest BCUT2D eigenvalue weighted by Gasteiger charge is 2.48. The molecule has 0 fully saturated rings. The number of phenols is 1. The predicted molar refractivity (Wildman–Crippen MR) is 80.2 cm³/mol. The highest BCUT2D eigenvalue weighted by Crippen LogP contribution is 2.58. The van der Waals surface area contributed by atoms with Gasteiger partial charge >= 0.3 is 0 Å². The van der Waals surface area contributed by atoms with Crippen molar-refractivity contribution >= 4 is 5.78 Å². The van der Waals surface area contributed by atoms with Crippen molar-refractivity contribution in [2.75, 3.05) is 0 Å². The SMILES string of the molecule is Cc1cc(O)c2c(c1)[C@H]1C(C(C)C)=CC[C@@]1(C)CC2=O. The van der Waals surface area contributed by atoms with Gasteiger partial charge < -0.3 is 5.11 Å². The molecule has 0 bridgehead atoms. The lowest BCUT2D eigenvalue weighted by Crippen LogP contribution is -2.33. The number of Topliss-reactive ketones (excluding diaryl/α,β-unsaturated/α-hetero) is 1. The molecule has 2 heteroatoms. The Morgan fingerprint density at radius 1 is 1.35 bits per heavy atom. The Labute approximate surface area is 120 Å². The van der Waals surface area contributed by atoms with E-state index in [9.17, 15) is 9.90 Å². The molecule has 20 heavy (non-hydrogen) atoms. The summed E-state index contributed by atoms with van der Waals surface area (Å²) in [7, 11) is 0. The average molecular weight is 270 g/mol. The van der Waals surface area contributed by atoms with E-state index in [0.717, 1.165) is 17.5 Å². The van der Waals surface area contributed by atoms with Crippen LogP contribution in [0.2, 0.25) is 0 Å². The van der Waals surface area contributed by atoms with Gasteiger partial charge in [-0.25, -0.2) is 0 Å². The Morgan fingerprint density at radius 3 is 2.70 bits per heavy atom. The maximum atomic E-state index is 12.5. The van der Waals surface area contributed by atoms with Crippen LogP contribution in [0.15, 0.2) is 23.8 Å². The molecule has 2 aliphatic carbocycles. The van der Waals surface area contributed by atoms with Crippen molar-refractivity contribution in [3.8, 4) is 5.75 Å². The zero-order valence-corrected chi connectivity index (χ0v) is 12.7. The van der Waals surface area contributed by atoms with Crippen LogP contribution in [-0.2, 0) is 0 Å². The van der Waals surface area contributed by atoms with Crippen molar-refractivity contribution in [2.45, 2.75) is 46.5 Å². The van der Waals surface area contributed by atoms with Gasteiger partial charge in [0, 0.05) is 12.3 Å². The van der Waals surface area contributed by atoms with Crippen LogP contribution in [-0.4, -0.2) is 10.9 Å². The third-order valence-electron chi connectivity index (χ3n) is 4.95. The number of fused-ring (bicyclic) bond motifs is 3. The molecule has 1 N–H and O–H groups in total. The van der Waals surface area contributed by atoms with Gasteiger partial charge in [0.1, 0.15) is 5.75 Å². The van der Waals surface area contributed by atoms with Crippen molar-refractivity contribution in [2.24, 2.45) is 11.3 Å². The van der Waals surface area contributed by atoms with Crippen molar-refractivity contribution < 1.29 is 9.90 Å². The van der Waals surface area contributed by atoms with Gasteiger partial charge in [-0.2, -0.15) is 0 Å². The normalized spacial score (nSPS) is 28.4. The lowest BCUT2D eigenvalue weighted by Gasteiger charge is -2.40. The molecule has 0 heterocycles. The molecule has 0 unspecified atom stereocenters. The Hall–Kier alpha value is -1.57. The van der Waals surface area contributed by atoms with Crippen molar-refractivity contribution in [1.29, 1.82) is 0 Å². The highest BCUT2D eigenvalue weighted by molar-refractivity contribution is 6.02. The first-order valence-electron chi connectivity index (χ1n) is 7.40. The van der Waals surface area contributed by atoms with E-state index < -0.39 is 0 Å². The number of hydrogen-bond donors (Lipinski definition) is 1. The molecular weight excluding hydrogens is 248 g/mol. The summed E-state index contributed by atoms with van der Waals surface area (Å²) in [5.41, 5.74) is 4.04. The number of phenolic OH excluding ortho intramolecular Hbond substituents is 1. The van der Waals surface area contributed by atoms with E-state index in [1.54, 1.807) is 6.07 Å². The number of allylic oxidation sites excluding steroid dienone is 2. The molecule has 2 atom stereocenters. The zero-order valence-electron chi connectivity index (χ0n) is 12.7. The van der Waals surface area contributed by atoms with Crippen LogP contribution in [0.25, 0.3) is 0 Å². The first kappa shape index (κ1) is 13.4. The fourth-order valence-electron chi connectivity index (χ4n) is 4.07. The molecule has 0 aliphatic heterocycles. The summed E-state index contributed by atoms with van der Waals surface area (Å²) < 4.78 is 0. The summed E-state index contributed by atoms with van der Waals surface area (Å²) in [5.74, 6) is 1.00. The number of benzene rings is 1. The molecule has 2 nitrogen and oxygen atoms in total. The van der Waals surface area contributed by atoms with E-state index in [1.807, 2.05) is 6.92 Å². The Balaban J connectivity index is 2.25. The molecule has 1 aromatic carbocycles. The Morgan fingerprint density at radius 2 is 2.05 bits per heavy atom. The van der Waals surface area contributed by atoms with E-state index in [0.29, 0.717) is 17.9 Å². The molecule has 106 valence electrons. The van der Waals surface area contributed by atoms with E-state index >= 15 is 0 Å². The average Bonchev–Trinajstić information content (AvgIpc) is 2.65. The van der Waals surface area contributed by atoms with Crippen LogP contribution in [0.3, 0.4) is 0 Å². The molecule has 0 amide bonds. The first-order chi connectivity index (χ1) is 9.33. The summed E-state index contributed by atoms with van der Waals surface area (Å²) >= 11 is 0. The lowest BCUT2D eigenvalue weighted by molar-refractivity contribution is 0.0885. The second-order valence-corrected chi connectivity index (χ2v) is 7.00. The molecule has 1 aromatic rings. The topological polar surface area (TPSA) is 37.3 Å². The number of aryl methyl sites for hydroxylation is 1. The smallest absolute Gasteiger partial charge is 0.167 e. The summed E-state index contributed by atoms with van der Waals surface area (Å²) in [6.45, 7) is 8.61. The summed E-state index contributed by atoms with van der Waals surface area (Å²) in [4.78, 5) is 12.5. The number of hydrogen-bond acceptors (Lipinski definition) is 2. The zero-order chi connectivity index (χ0) is 14.7. The number of carbonyl (C=O) groups is 1. The number of rotatable bonds is 1. The highest BCUT2D eigenvalue weighted by atomic mass is 16.3. The number of aromatic hydroxyl groups is 1. The van der Waals surface area contributed by atoms with E-state index in [-0.39, 0.29) is 22.9 Å². The van der Waals surface area contributed by atoms with Crippen LogP contribution in [0.1, 0.15) is 61.0 Å². The standard InChI is InChI=1S/C18H22O2/c1-10(2)12-5-6-18(4)9-15(20)16-13(17(12)18)7-11(3)8-14(16)19/h5,7-8,10,17,19H,6,9H2,1-4H3/t17-,18+/m1/s1. The molecule has 2 aliphatic rings. The van der Waals surface area contributed by atoms with Crippen molar-refractivity contribution in [3.05, 3.63) is 40.5 Å². The fourth-order valence-corrected chi connectivity index (χ4v) is 4.07. The second-order valence-electron chi connectivity index (χ2n) is 7.00. The van der Waals surface area contributed by atoms with Gasteiger partial charge in [-0.05, 0) is 41.9 Å². The molecule has 0 saturated heterocycles. The monoisotopic (exact) mass is 270 g/mol. The second kappa shape index (κ2) is 4.21. The van der Waals surface area contributed by atoms with Gasteiger partial charge in [0.2, 0.25) is 0 Å². The maximum absolute atomic E-state index is 12.5. The van der Waals surface area contributed by atoms with Gasteiger partial charge in [0.05, 0.1) is 5.56 Å². The molecule has 3 rings (SSSR count). The number of ketones is 1. The van der Waals surface area contributed by atoms with E-state index in [1.165, 1.54) is 5.57 Å². The lowest BCUT2D eigenvalue weighted by atomic mass is 9.63. The van der Waals surface area contributed by atoms with Crippen LogP contribution in [0.5, 0.6) is 5.75 Å². The molecule has 0 spiro atoms. The van der Waals surface area contributed by atoms with Crippen LogP contribution in [0, 0.1) is 18.3 Å². The van der Waals surface area contributed by atoms with Gasteiger partial charge in [0.15, 0.2) is 5.78 Å². The van der Waals surface area contributed by atoms with Gasteiger partial charge in [-0.1, -0.05) is 38.5 Å². The molecular formula is C18H22O2. The molecule has 0 radical (unpaired) electrons. The van der Waals surface area contributed by atoms with Gasteiger partial charge in [-0.3, -0.25) is 4.79 Å². The van der Waals surface area contributed by atoms with Crippen molar-refractivity contribution in [1.82, 2.24) is 0 Å². The van der Waals surface area contributed by atoms with E-state index in [2.05, 4.69) is 32.9 Å². The summed E-state index contributed by atoms with van der Waals surface area (Å²) in [6, 6.07) is 3.80. The minimum atomic E-state index is -0.0100. The quantitative estimate of drug-likeness (QED) is 0.770. The van der Waals surface area contributed by atoms with Crippen molar-refractivity contribution in [3.63, 3.8) is 0 Å². The fraction of sp³-hybridized carbons (Fsp3) is 0.500. The summed E-state index contributed by atoms with van der Waals surface area (Å²) in [6.07, 6.45) is 3.82. The Kier molecular flexibility index (Phi) is 2.82. The minimum absolute atomic E-state index is 0.0100. The third kappa shape index (κ3) is 1.74. The first-order valence-corrected chi connectivity index (χ1v) is 7.40. The molecule has 0 saturated carbocycles. The number of carbonyl (C=O) groups excluding carboxylic acids is 1. The summed E-state index contributed by atoms with van der Waals surface area (Å²) in [5, 5.41) is 10.2. The van der Waals surface area contributed by atoms with Crippen LogP contribution >= 0.6 is 0 Å². The van der Waals surface area contributed by atoms with Gasteiger partial charge in [-0.15, -0.1) is 0 Å².